The minimum atomic E-state index is -4.75. The van der Waals surface area contributed by atoms with Gasteiger partial charge in [-0.1, -0.05) is 43.7 Å². The molecule has 3 amide bonds. The van der Waals surface area contributed by atoms with Gasteiger partial charge in [0.15, 0.2) is 5.82 Å². The molecule has 2 aromatic rings. The molecule has 0 unspecified atom stereocenters. The molecule has 1 fully saturated rings. The van der Waals surface area contributed by atoms with Gasteiger partial charge < -0.3 is 39.7 Å². The number of carbonyl (C=O) groups is 4. The Labute approximate surface area is 255 Å². The quantitative estimate of drug-likeness (QED) is 0.134. The molecular formula is C28H39N6O9P. The number of hydrogen-bond acceptors (Lipinski definition) is 10. The van der Waals surface area contributed by atoms with Crippen LogP contribution in [0.4, 0.5) is 10.6 Å². The smallest absolute Gasteiger partial charge is 0.409 e. The Morgan fingerprint density at radius 1 is 1.00 bits per heavy atom. The Morgan fingerprint density at radius 3 is 2.32 bits per heavy atom. The van der Waals surface area contributed by atoms with E-state index in [9.17, 15) is 33.5 Å². The monoisotopic (exact) mass is 634 g/mol. The maximum Gasteiger partial charge on any atom is 0.409 e. The molecule has 1 aromatic carbocycles. The van der Waals surface area contributed by atoms with E-state index in [1.165, 1.54) is 15.9 Å². The van der Waals surface area contributed by atoms with Crippen LogP contribution in [0.5, 0.6) is 0 Å². The van der Waals surface area contributed by atoms with Gasteiger partial charge in [-0.05, 0) is 13.3 Å². The van der Waals surface area contributed by atoms with Crippen molar-refractivity contribution in [1.82, 2.24) is 25.1 Å². The highest BCUT2D eigenvalue weighted by molar-refractivity contribution is 7.51. The maximum atomic E-state index is 13.4. The van der Waals surface area contributed by atoms with E-state index in [0.717, 1.165) is 12.8 Å². The van der Waals surface area contributed by atoms with Gasteiger partial charge >= 0.3 is 19.7 Å². The zero-order valence-electron chi connectivity index (χ0n) is 24.8. The number of piperazine rings is 1. The fourth-order valence-corrected chi connectivity index (χ4v) is 5.00. The van der Waals surface area contributed by atoms with Crippen LogP contribution in [0.15, 0.2) is 36.4 Å². The summed E-state index contributed by atoms with van der Waals surface area (Å²) < 4.78 is 22.1. The maximum absolute atomic E-state index is 13.4. The fraction of sp³-hybridized carbons (Fsp3) is 0.500. The van der Waals surface area contributed by atoms with Gasteiger partial charge in [-0.25, -0.2) is 14.8 Å². The summed E-state index contributed by atoms with van der Waals surface area (Å²) in [5.41, 5.74) is 0.421. The predicted octanol–water partition coefficient (Wildman–Crippen LogP) is 1.87. The van der Waals surface area contributed by atoms with Gasteiger partial charge in [0.05, 0.1) is 25.8 Å². The van der Waals surface area contributed by atoms with Crippen molar-refractivity contribution in [1.29, 1.82) is 0 Å². The minimum absolute atomic E-state index is 0.0443. The van der Waals surface area contributed by atoms with Crippen molar-refractivity contribution in [2.75, 3.05) is 57.4 Å². The van der Waals surface area contributed by atoms with E-state index in [4.69, 9.17) is 9.47 Å². The molecule has 1 aliphatic rings. The van der Waals surface area contributed by atoms with Gasteiger partial charge in [-0.2, -0.15) is 0 Å². The van der Waals surface area contributed by atoms with Gasteiger partial charge in [0.2, 0.25) is 5.91 Å². The first kappa shape index (κ1) is 34.4. The first-order chi connectivity index (χ1) is 21.0. The van der Waals surface area contributed by atoms with Crippen molar-refractivity contribution in [3.05, 3.63) is 42.1 Å². The molecule has 0 saturated carbocycles. The Balaban J connectivity index is 1.76. The molecule has 0 aliphatic carbocycles. The standard InChI is InChI=1S/C28H39N6O9P/c1-3-5-17-43-28(38)34-15-13-33(14-16-34)27(37)22(19-44(39,40)41)31-26(36)21-18-23(29-12-11-24(35)42-4-2)32-25(30-21)20-9-7-6-8-10-20/h6-10,18,22H,3-5,11-17,19H2,1-2H3,(H,31,36)(H,29,30,32)(H2,39,40,41)/t22-/m0/s1. The zero-order chi connectivity index (χ0) is 32.1. The van der Waals surface area contributed by atoms with E-state index in [1.807, 2.05) is 6.92 Å². The van der Waals surface area contributed by atoms with Gasteiger partial charge in [-0.15, -0.1) is 0 Å². The molecule has 0 radical (unpaired) electrons. The number of unbranched alkanes of at least 4 members (excludes halogenated alkanes) is 1. The molecule has 1 aliphatic heterocycles. The minimum Gasteiger partial charge on any atom is -0.466 e. The summed E-state index contributed by atoms with van der Waals surface area (Å²) in [6.45, 7) is 4.88. The normalized spacial score (nSPS) is 14.0. The van der Waals surface area contributed by atoms with Crippen LogP contribution in [0.2, 0.25) is 0 Å². The zero-order valence-corrected chi connectivity index (χ0v) is 25.7. The van der Waals surface area contributed by atoms with E-state index in [0.29, 0.717) is 12.2 Å². The summed E-state index contributed by atoms with van der Waals surface area (Å²) in [5, 5.41) is 5.39. The van der Waals surface area contributed by atoms with Crippen molar-refractivity contribution in [3.63, 3.8) is 0 Å². The highest BCUT2D eigenvalue weighted by atomic mass is 31.2. The summed E-state index contributed by atoms with van der Waals surface area (Å²) >= 11 is 0. The summed E-state index contributed by atoms with van der Waals surface area (Å²) in [5.74, 6) is -1.58. The van der Waals surface area contributed by atoms with Crippen LogP contribution in [0.25, 0.3) is 11.4 Å². The first-order valence-electron chi connectivity index (χ1n) is 14.4. The number of nitrogens with one attached hydrogen (secondary N) is 2. The van der Waals surface area contributed by atoms with Crippen molar-refractivity contribution >= 4 is 37.3 Å². The number of amides is 3. The third kappa shape index (κ3) is 10.9. The van der Waals surface area contributed by atoms with Crippen molar-refractivity contribution in [2.45, 2.75) is 39.2 Å². The second-order valence-corrected chi connectivity index (χ2v) is 11.7. The topological polar surface area (TPSA) is 201 Å². The largest absolute Gasteiger partial charge is 0.466 e. The van der Waals surface area contributed by atoms with E-state index in [-0.39, 0.29) is 63.1 Å². The number of benzene rings is 1. The first-order valence-corrected chi connectivity index (χ1v) is 16.2. The van der Waals surface area contributed by atoms with Gasteiger partial charge in [0.25, 0.3) is 5.91 Å². The molecule has 44 heavy (non-hydrogen) atoms. The molecule has 1 aromatic heterocycles. The highest BCUT2D eigenvalue weighted by Crippen LogP contribution is 2.35. The number of ether oxygens (including phenoxy) is 2. The van der Waals surface area contributed by atoms with Crippen LogP contribution in [0.1, 0.15) is 43.6 Å². The van der Waals surface area contributed by atoms with E-state index >= 15 is 0 Å². The summed E-state index contributed by atoms with van der Waals surface area (Å²) in [4.78, 5) is 81.7. The van der Waals surface area contributed by atoms with Gasteiger partial charge in [-0.3, -0.25) is 18.9 Å². The molecule has 1 atom stereocenters. The third-order valence-corrected chi connectivity index (χ3v) is 7.37. The van der Waals surface area contributed by atoms with Crippen LogP contribution in [-0.4, -0.2) is 112 Å². The lowest BCUT2D eigenvalue weighted by atomic mass is 10.2. The SMILES string of the molecule is CCCCOC(=O)N1CCN(C(=O)[C@H](CP(=O)(O)O)NC(=O)c2cc(NCCC(=O)OCC)nc(-c3ccccc3)n2)CC1. The lowest BCUT2D eigenvalue weighted by Gasteiger charge is -2.36. The molecule has 0 spiro atoms. The Morgan fingerprint density at radius 2 is 1.68 bits per heavy atom. The second kappa shape index (κ2) is 16.7. The Kier molecular flexibility index (Phi) is 13.1. The van der Waals surface area contributed by atoms with Gasteiger partial charge in [0, 0.05) is 44.4 Å². The number of hydrogen-bond donors (Lipinski definition) is 4. The fourth-order valence-electron chi connectivity index (χ4n) is 4.28. The lowest BCUT2D eigenvalue weighted by molar-refractivity contribution is -0.142. The van der Waals surface area contributed by atoms with E-state index < -0.39 is 43.7 Å². The van der Waals surface area contributed by atoms with Crippen LogP contribution < -0.4 is 10.6 Å². The van der Waals surface area contributed by atoms with Crippen molar-refractivity contribution < 1.29 is 43.0 Å². The van der Waals surface area contributed by atoms with Crippen molar-refractivity contribution in [2.24, 2.45) is 0 Å². The molecule has 15 nitrogen and oxygen atoms in total. The lowest BCUT2D eigenvalue weighted by Crippen LogP contribution is -2.56. The second-order valence-electron chi connectivity index (χ2n) is 9.96. The molecule has 3 rings (SSSR count). The van der Waals surface area contributed by atoms with Gasteiger partial charge in [0.1, 0.15) is 17.6 Å². The average molecular weight is 635 g/mol. The summed E-state index contributed by atoms with van der Waals surface area (Å²) in [6.07, 6.45) is 0.229. The Bertz CT molecular complexity index is 1330. The number of esters is 1. The van der Waals surface area contributed by atoms with E-state index in [2.05, 4.69) is 20.6 Å². The molecule has 4 N–H and O–H groups in total. The number of nitrogens with zero attached hydrogens (tertiary/aromatic N) is 4. The predicted molar refractivity (Wildman–Crippen MR) is 160 cm³/mol. The molecular weight excluding hydrogens is 595 g/mol. The number of carbonyl (C=O) groups excluding carboxylic acids is 4. The number of rotatable bonds is 14. The summed E-state index contributed by atoms with van der Waals surface area (Å²) in [7, 11) is -4.75. The summed E-state index contributed by atoms with van der Waals surface area (Å²) in [6, 6.07) is 8.54. The molecule has 240 valence electrons. The third-order valence-electron chi connectivity index (χ3n) is 6.53. The number of aromatic nitrogens is 2. The molecule has 16 heteroatoms. The van der Waals surface area contributed by atoms with Crippen LogP contribution in [-0.2, 0) is 23.6 Å². The molecule has 2 heterocycles. The van der Waals surface area contributed by atoms with Crippen molar-refractivity contribution in [3.8, 4) is 11.4 Å². The van der Waals surface area contributed by atoms with E-state index in [1.54, 1.807) is 37.3 Å². The number of anilines is 1. The van der Waals surface area contributed by atoms with Crippen LogP contribution in [0.3, 0.4) is 0 Å². The molecule has 0 bridgehead atoms. The Hall–Kier alpha value is -4.07. The van der Waals surface area contributed by atoms with Crippen LogP contribution in [0, 0.1) is 0 Å². The van der Waals surface area contributed by atoms with Crippen LogP contribution >= 0.6 is 7.60 Å². The molecule has 1 saturated heterocycles. The average Bonchev–Trinajstić information content (AvgIpc) is 3.00. The highest BCUT2D eigenvalue weighted by Gasteiger charge is 2.35.